The highest BCUT2D eigenvalue weighted by Gasteiger charge is 2.15. The van der Waals surface area contributed by atoms with E-state index in [0.717, 1.165) is 13.1 Å². The van der Waals surface area contributed by atoms with Gasteiger partial charge in [-0.1, -0.05) is 18.2 Å². The fourth-order valence-electron chi connectivity index (χ4n) is 2.26. The minimum atomic E-state index is -0.632. The van der Waals surface area contributed by atoms with Gasteiger partial charge in [0.15, 0.2) is 0 Å². The number of nitrogens with zero attached hydrogens (tertiary/aromatic N) is 1. The van der Waals surface area contributed by atoms with Gasteiger partial charge < -0.3 is 15.2 Å². The zero-order chi connectivity index (χ0) is 15.1. The highest BCUT2D eigenvalue weighted by atomic mass is 19.1. The molecule has 0 aromatic heterocycles. The predicted octanol–water partition coefficient (Wildman–Crippen LogP) is 0.177. The van der Waals surface area contributed by atoms with Crippen molar-refractivity contribution in [2.24, 2.45) is 0 Å². The average molecular weight is 296 g/mol. The van der Waals surface area contributed by atoms with Crippen LogP contribution in [0, 0.1) is 5.82 Å². The quantitative estimate of drug-likeness (QED) is 0.786. The van der Waals surface area contributed by atoms with Gasteiger partial charge >= 0.3 is 0 Å². The topological polar surface area (TPSA) is 61.8 Å². The van der Waals surface area contributed by atoms with Crippen molar-refractivity contribution in [2.45, 2.75) is 12.5 Å². The fraction of sp³-hybridized carbons (Fsp3) is 0.533. The Labute approximate surface area is 123 Å². The molecule has 1 atom stereocenters. The lowest BCUT2D eigenvalue weighted by atomic mass is 10.1. The average Bonchev–Trinajstić information content (AvgIpc) is 2.49. The summed E-state index contributed by atoms with van der Waals surface area (Å²) >= 11 is 0. The van der Waals surface area contributed by atoms with Crippen molar-refractivity contribution in [2.75, 3.05) is 39.4 Å². The lowest BCUT2D eigenvalue weighted by Gasteiger charge is -2.28. The number of halogens is 1. The first-order chi connectivity index (χ1) is 10.1. The zero-order valence-electron chi connectivity index (χ0n) is 11.9. The van der Waals surface area contributed by atoms with E-state index in [2.05, 4.69) is 10.2 Å². The summed E-state index contributed by atoms with van der Waals surface area (Å²) in [6.07, 6.45) is -0.649. The number of benzene rings is 1. The van der Waals surface area contributed by atoms with Crippen LogP contribution in [0.3, 0.4) is 0 Å². The highest BCUT2D eigenvalue weighted by Crippen LogP contribution is 2.06. The fourth-order valence-corrected chi connectivity index (χ4v) is 2.26. The molecule has 1 aromatic carbocycles. The van der Waals surface area contributed by atoms with Crippen molar-refractivity contribution >= 4 is 5.91 Å². The molecule has 2 N–H and O–H groups in total. The molecule has 1 aliphatic rings. The van der Waals surface area contributed by atoms with Crippen molar-refractivity contribution in [3.63, 3.8) is 0 Å². The van der Waals surface area contributed by atoms with E-state index in [1.165, 1.54) is 6.07 Å². The van der Waals surface area contributed by atoms with Crippen LogP contribution in [0.4, 0.5) is 4.39 Å². The van der Waals surface area contributed by atoms with Gasteiger partial charge in [-0.05, 0) is 11.6 Å². The first-order valence-electron chi connectivity index (χ1n) is 7.13. The smallest absolute Gasteiger partial charge is 0.224 e. The number of carbonyl (C=O) groups is 1. The van der Waals surface area contributed by atoms with Gasteiger partial charge in [0.2, 0.25) is 5.91 Å². The molecule has 0 spiro atoms. The van der Waals surface area contributed by atoms with E-state index in [0.29, 0.717) is 25.3 Å². The molecule has 0 saturated carbocycles. The maximum atomic E-state index is 13.4. The molecule has 0 aliphatic carbocycles. The van der Waals surface area contributed by atoms with Gasteiger partial charge in [-0.2, -0.15) is 0 Å². The van der Waals surface area contributed by atoms with Crippen LogP contribution in [0.1, 0.15) is 5.56 Å². The van der Waals surface area contributed by atoms with E-state index in [9.17, 15) is 14.3 Å². The summed E-state index contributed by atoms with van der Waals surface area (Å²) in [5, 5.41) is 12.5. The molecular weight excluding hydrogens is 275 g/mol. The van der Waals surface area contributed by atoms with E-state index in [4.69, 9.17) is 4.74 Å². The lowest BCUT2D eigenvalue weighted by Crippen LogP contribution is -2.44. The third kappa shape index (κ3) is 5.41. The Morgan fingerprint density at radius 3 is 2.81 bits per heavy atom. The molecule has 116 valence electrons. The molecule has 1 fully saturated rings. The Morgan fingerprint density at radius 1 is 1.38 bits per heavy atom. The number of aliphatic hydroxyl groups is 1. The molecule has 0 radical (unpaired) electrons. The molecule has 1 aromatic rings. The van der Waals surface area contributed by atoms with Crippen LogP contribution in [-0.4, -0.2) is 61.4 Å². The Balaban J connectivity index is 1.69. The monoisotopic (exact) mass is 296 g/mol. The van der Waals surface area contributed by atoms with Crippen LogP contribution >= 0.6 is 0 Å². The van der Waals surface area contributed by atoms with Gasteiger partial charge in [0, 0.05) is 26.2 Å². The van der Waals surface area contributed by atoms with Gasteiger partial charge in [0.1, 0.15) is 5.82 Å². The van der Waals surface area contributed by atoms with Crippen LogP contribution in [0.25, 0.3) is 0 Å². The molecule has 21 heavy (non-hydrogen) atoms. The van der Waals surface area contributed by atoms with E-state index in [-0.39, 0.29) is 24.7 Å². The van der Waals surface area contributed by atoms with Crippen molar-refractivity contribution in [1.82, 2.24) is 10.2 Å². The highest BCUT2D eigenvalue weighted by molar-refractivity contribution is 5.78. The van der Waals surface area contributed by atoms with E-state index < -0.39 is 6.10 Å². The SMILES string of the molecule is O=C(Cc1ccccc1F)NCC(O)CN1CCOCC1. The molecule has 1 unspecified atom stereocenters. The van der Waals surface area contributed by atoms with Crippen molar-refractivity contribution in [1.29, 1.82) is 0 Å². The number of hydrogen-bond donors (Lipinski definition) is 2. The van der Waals surface area contributed by atoms with E-state index in [1.54, 1.807) is 18.2 Å². The number of aliphatic hydroxyl groups excluding tert-OH is 1. The summed E-state index contributed by atoms with van der Waals surface area (Å²) in [6, 6.07) is 6.19. The maximum absolute atomic E-state index is 13.4. The second-order valence-electron chi connectivity index (χ2n) is 5.14. The standard InChI is InChI=1S/C15H21FN2O3/c16-14-4-2-1-3-12(14)9-15(20)17-10-13(19)11-18-5-7-21-8-6-18/h1-4,13,19H,5-11H2,(H,17,20). The van der Waals surface area contributed by atoms with Crippen LogP contribution in [-0.2, 0) is 16.0 Å². The van der Waals surface area contributed by atoms with Gasteiger partial charge in [0.25, 0.3) is 0 Å². The third-order valence-electron chi connectivity index (χ3n) is 3.42. The molecule has 1 heterocycles. The van der Waals surface area contributed by atoms with Crippen LogP contribution in [0.2, 0.25) is 0 Å². The first kappa shape index (κ1) is 15.9. The van der Waals surface area contributed by atoms with Crippen molar-refractivity contribution in [3.8, 4) is 0 Å². The first-order valence-corrected chi connectivity index (χ1v) is 7.13. The number of nitrogens with one attached hydrogen (secondary N) is 1. The zero-order valence-corrected chi connectivity index (χ0v) is 11.9. The normalized spacial score (nSPS) is 17.4. The van der Waals surface area contributed by atoms with Crippen molar-refractivity contribution in [3.05, 3.63) is 35.6 Å². The molecule has 2 rings (SSSR count). The minimum Gasteiger partial charge on any atom is -0.390 e. The number of rotatable bonds is 6. The number of amides is 1. The summed E-state index contributed by atoms with van der Waals surface area (Å²) in [4.78, 5) is 13.8. The van der Waals surface area contributed by atoms with E-state index >= 15 is 0 Å². The summed E-state index contributed by atoms with van der Waals surface area (Å²) in [5.74, 6) is -0.678. The summed E-state index contributed by atoms with van der Waals surface area (Å²) in [5.41, 5.74) is 0.359. The van der Waals surface area contributed by atoms with Crippen molar-refractivity contribution < 1.29 is 19.0 Å². The molecule has 0 bridgehead atoms. The van der Waals surface area contributed by atoms with Gasteiger partial charge in [-0.15, -0.1) is 0 Å². The Hall–Kier alpha value is -1.50. The van der Waals surface area contributed by atoms with Crippen LogP contribution in [0.5, 0.6) is 0 Å². The summed E-state index contributed by atoms with van der Waals surface area (Å²) < 4.78 is 18.6. The second kappa shape index (κ2) is 8.07. The predicted molar refractivity (Wildman–Crippen MR) is 76.4 cm³/mol. The Kier molecular flexibility index (Phi) is 6.10. The number of carbonyl (C=O) groups excluding carboxylic acids is 1. The van der Waals surface area contributed by atoms with Gasteiger partial charge in [-0.3, -0.25) is 9.69 Å². The van der Waals surface area contributed by atoms with Crippen LogP contribution in [0.15, 0.2) is 24.3 Å². The summed E-state index contributed by atoms with van der Waals surface area (Å²) in [6.45, 7) is 3.60. The van der Waals surface area contributed by atoms with E-state index in [1.807, 2.05) is 0 Å². The second-order valence-corrected chi connectivity index (χ2v) is 5.14. The molecule has 1 amide bonds. The lowest BCUT2D eigenvalue weighted by molar-refractivity contribution is -0.121. The Morgan fingerprint density at radius 2 is 2.10 bits per heavy atom. The third-order valence-corrected chi connectivity index (χ3v) is 3.42. The number of β-amino-alcohol motifs (C(OH)–C–C–N with tert-alkyl or cyclic N) is 1. The summed E-state index contributed by atoms with van der Waals surface area (Å²) in [7, 11) is 0. The molecule has 5 nitrogen and oxygen atoms in total. The largest absolute Gasteiger partial charge is 0.390 e. The van der Waals surface area contributed by atoms with Gasteiger partial charge in [-0.25, -0.2) is 4.39 Å². The maximum Gasteiger partial charge on any atom is 0.224 e. The van der Waals surface area contributed by atoms with Crippen LogP contribution < -0.4 is 5.32 Å². The molecule has 1 aliphatic heterocycles. The number of hydrogen-bond acceptors (Lipinski definition) is 4. The molecule has 6 heteroatoms. The van der Waals surface area contributed by atoms with Gasteiger partial charge in [0.05, 0.1) is 25.7 Å². The molecule has 1 saturated heterocycles. The molecular formula is C15H21FN2O3. The number of morpholine rings is 1. The minimum absolute atomic E-state index is 0.0169. The number of ether oxygens (including phenoxy) is 1. The Bertz CT molecular complexity index is 464.